The van der Waals surface area contributed by atoms with Crippen molar-refractivity contribution in [1.82, 2.24) is 9.88 Å². The van der Waals surface area contributed by atoms with Crippen molar-refractivity contribution < 1.29 is 9.15 Å². The van der Waals surface area contributed by atoms with Crippen LogP contribution in [-0.4, -0.2) is 48.5 Å². The lowest BCUT2D eigenvalue weighted by atomic mass is 10.2. The number of oxazole rings is 1. The molecule has 1 fully saturated rings. The molecule has 0 unspecified atom stereocenters. The fraction of sp³-hybridized carbons (Fsp3) is 0.533. The number of nitrogens with zero attached hydrogens (tertiary/aromatic N) is 2. The molecule has 0 atom stereocenters. The lowest BCUT2D eigenvalue weighted by Gasteiger charge is -2.24. The molecule has 0 bridgehead atoms. The van der Waals surface area contributed by atoms with E-state index < -0.39 is 0 Å². The van der Waals surface area contributed by atoms with Crippen molar-refractivity contribution in [3.63, 3.8) is 0 Å². The predicted octanol–water partition coefficient (Wildman–Crippen LogP) is 1.85. The first-order chi connectivity index (χ1) is 10.3. The minimum Gasteiger partial charge on any atom is -0.439 e. The average molecular weight is 307 g/mol. The molecule has 2 aromatic rings. The van der Waals surface area contributed by atoms with E-state index in [-0.39, 0.29) is 0 Å². The third-order valence-electron chi connectivity index (χ3n) is 3.49. The lowest BCUT2D eigenvalue weighted by Crippen LogP contribution is -2.35. The summed E-state index contributed by atoms with van der Waals surface area (Å²) in [7, 11) is 0. The monoisotopic (exact) mass is 307 g/mol. The summed E-state index contributed by atoms with van der Waals surface area (Å²) >= 11 is 1.84. The normalized spacial score (nSPS) is 16.6. The number of fused-ring (bicyclic) bond motifs is 1. The minimum atomic E-state index is 0.723. The number of nitrogens with two attached hydrogens (primary N) is 1. The number of hydrogen-bond acceptors (Lipinski definition) is 6. The van der Waals surface area contributed by atoms with E-state index >= 15 is 0 Å². The maximum atomic E-state index is 5.83. The first kappa shape index (κ1) is 14.8. The van der Waals surface area contributed by atoms with Gasteiger partial charge in [0.15, 0.2) is 5.58 Å². The third-order valence-corrected chi connectivity index (χ3v) is 4.55. The second kappa shape index (κ2) is 7.26. The van der Waals surface area contributed by atoms with Gasteiger partial charge >= 0.3 is 0 Å². The van der Waals surface area contributed by atoms with Crippen LogP contribution in [0.2, 0.25) is 0 Å². The van der Waals surface area contributed by atoms with Gasteiger partial charge < -0.3 is 14.9 Å². The number of benzene rings is 1. The summed E-state index contributed by atoms with van der Waals surface area (Å²) in [6, 6.07) is 6.24. The average Bonchev–Trinajstić information content (AvgIpc) is 2.90. The Morgan fingerprint density at radius 2 is 2.14 bits per heavy atom. The summed E-state index contributed by atoms with van der Waals surface area (Å²) in [6.07, 6.45) is 0. The molecule has 0 spiro atoms. The number of hydrogen-bond donors (Lipinski definition) is 1. The summed E-state index contributed by atoms with van der Waals surface area (Å²) < 4.78 is 11.2. The first-order valence-electron chi connectivity index (χ1n) is 7.31. The van der Waals surface area contributed by atoms with Crippen LogP contribution in [0.1, 0.15) is 11.5 Å². The maximum absolute atomic E-state index is 5.83. The zero-order chi connectivity index (χ0) is 14.5. The molecule has 0 saturated carbocycles. The van der Waals surface area contributed by atoms with Gasteiger partial charge in [-0.15, -0.1) is 0 Å². The van der Waals surface area contributed by atoms with E-state index in [1.54, 1.807) is 0 Å². The van der Waals surface area contributed by atoms with Crippen molar-refractivity contribution in [2.75, 3.05) is 38.6 Å². The number of aromatic nitrogens is 1. The van der Waals surface area contributed by atoms with Crippen molar-refractivity contribution in [1.29, 1.82) is 0 Å². The largest absolute Gasteiger partial charge is 0.439 e. The molecule has 1 saturated heterocycles. The number of thioether (sulfide) groups is 1. The van der Waals surface area contributed by atoms with Crippen LogP contribution in [0, 0.1) is 0 Å². The summed E-state index contributed by atoms with van der Waals surface area (Å²) in [6.45, 7) is 4.96. The van der Waals surface area contributed by atoms with Crippen molar-refractivity contribution >= 4 is 22.9 Å². The Bertz CT molecular complexity index is 581. The molecule has 5 nitrogen and oxygen atoms in total. The van der Waals surface area contributed by atoms with Gasteiger partial charge in [0.2, 0.25) is 5.89 Å². The second-order valence-electron chi connectivity index (χ2n) is 5.14. The minimum absolute atomic E-state index is 0.723. The van der Waals surface area contributed by atoms with Crippen LogP contribution in [0.25, 0.3) is 11.1 Å². The van der Waals surface area contributed by atoms with Gasteiger partial charge in [-0.25, -0.2) is 4.98 Å². The Hall–Kier alpha value is -1.08. The highest BCUT2D eigenvalue weighted by atomic mass is 32.2. The van der Waals surface area contributed by atoms with Gasteiger partial charge in [0.25, 0.3) is 0 Å². The summed E-state index contributed by atoms with van der Waals surface area (Å²) in [5.41, 5.74) is 8.60. The van der Waals surface area contributed by atoms with Gasteiger partial charge in [0.1, 0.15) is 5.52 Å². The van der Waals surface area contributed by atoms with Crippen molar-refractivity contribution in [2.24, 2.45) is 5.73 Å². The molecule has 0 aliphatic carbocycles. The first-order valence-corrected chi connectivity index (χ1v) is 8.47. The maximum Gasteiger partial charge on any atom is 0.209 e. The molecule has 114 valence electrons. The highest BCUT2D eigenvalue weighted by Crippen LogP contribution is 2.21. The predicted molar refractivity (Wildman–Crippen MR) is 85.3 cm³/mol. The smallest absolute Gasteiger partial charge is 0.209 e. The third kappa shape index (κ3) is 3.97. The Morgan fingerprint density at radius 1 is 1.29 bits per heavy atom. The Labute approximate surface area is 128 Å². The molecule has 2 N–H and O–H groups in total. The molecule has 1 aromatic carbocycles. The molecule has 1 aliphatic heterocycles. The topological polar surface area (TPSA) is 64.5 Å². The zero-order valence-electron chi connectivity index (χ0n) is 12.1. The van der Waals surface area contributed by atoms with Gasteiger partial charge in [-0.05, 0) is 17.7 Å². The molecule has 0 radical (unpaired) electrons. The van der Waals surface area contributed by atoms with E-state index in [0.717, 1.165) is 67.9 Å². The van der Waals surface area contributed by atoms with Crippen molar-refractivity contribution in [3.8, 4) is 0 Å². The van der Waals surface area contributed by atoms with Gasteiger partial charge in [-0.3, -0.25) is 4.90 Å². The SMILES string of the molecule is NCCSCc1ccc2oc(CN3CCOCC3)nc2c1. The van der Waals surface area contributed by atoms with Gasteiger partial charge in [-0.1, -0.05) is 6.07 Å². The fourth-order valence-electron chi connectivity index (χ4n) is 2.40. The zero-order valence-corrected chi connectivity index (χ0v) is 12.9. The van der Waals surface area contributed by atoms with Crippen LogP contribution in [0.5, 0.6) is 0 Å². The van der Waals surface area contributed by atoms with Gasteiger partial charge in [-0.2, -0.15) is 11.8 Å². The Morgan fingerprint density at radius 3 is 2.95 bits per heavy atom. The summed E-state index contributed by atoms with van der Waals surface area (Å²) in [5.74, 6) is 2.75. The molecule has 2 heterocycles. The van der Waals surface area contributed by atoms with Crippen LogP contribution in [-0.2, 0) is 17.0 Å². The molecule has 1 aliphatic rings. The number of ether oxygens (including phenoxy) is 1. The standard InChI is InChI=1S/C15H21N3O2S/c16-3-8-21-11-12-1-2-14-13(9-12)17-15(20-14)10-18-4-6-19-7-5-18/h1-2,9H,3-8,10-11,16H2. The number of rotatable bonds is 6. The van der Waals surface area contributed by atoms with Crippen LogP contribution in [0.15, 0.2) is 22.6 Å². The van der Waals surface area contributed by atoms with E-state index in [0.29, 0.717) is 0 Å². The second-order valence-corrected chi connectivity index (χ2v) is 6.24. The van der Waals surface area contributed by atoms with E-state index in [9.17, 15) is 0 Å². The Balaban J connectivity index is 1.67. The lowest BCUT2D eigenvalue weighted by molar-refractivity contribution is 0.0308. The van der Waals surface area contributed by atoms with E-state index in [2.05, 4.69) is 22.0 Å². The summed E-state index contributed by atoms with van der Waals surface area (Å²) in [5, 5.41) is 0. The molecule has 3 rings (SSSR count). The van der Waals surface area contributed by atoms with E-state index in [1.807, 2.05) is 17.8 Å². The van der Waals surface area contributed by atoms with Crippen LogP contribution in [0.4, 0.5) is 0 Å². The fourth-order valence-corrected chi connectivity index (χ4v) is 3.13. The highest BCUT2D eigenvalue weighted by molar-refractivity contribution is 7.98. The van der Waals surface area contributed by atoms with Crippen LogP contribution < -0.4 is 5.73 Å². The quantitative estimate of drug-likeness (QED) is 0.822. The summed E-state index contributed by atoms with van der Waals surface area (Å²) in [4.78, 5) is 6.92. The highest BCUT2D eigenvalue weighted by Gasteiger charge is 2.14. The van der Waals surface area contributed by atoms with Crippen LogP contribution in [0.3, 0.4) is 0 Å². The molecular formula is C15H21N3O2S. The Kier molecular flexibility index (Phi) is 5.13. The molecule has 6 heteroatoms. The van der Waals surface area contributed by atoms with Gasteiger partial charge in [0, 0.05) is 31.1 Å². The van der Waals surface area contributed by atoms with Crippen molar-refractivity contribution in [3.05, 3.63) is 29.7 Å². The molecule has 0 amide bonds. The molecular weight excluding hydrogens is 286 g/mol. The van der Waals surface area contributed by atoms with E-state index in [4.69, 9.17) is 14.9 Å². The number of morpholine rings is 1. The van der Waals surface area contributed by atoms with E-state index in [1.165, 1.54) is 5.56 Å². The molecule has 1 aromatic heterocycles. The van der Waals surface area contributed by atoms with Crippen molar-refractivity contribution in [2.45, 2.75) is 12.3 Å². The molecule has 21 heavy (non-hydrogen) atoms. The van der Waals surface area contributed by atoms with Gasteiger partial charge in [0.05, 0.1) is 19.8 Å². The van der Waals surface area contributed by atoms with Crippen LogP contribution >= 0.6 is 11.8 Å².